The number of amides is 1. The van der Waals surface area contributed by atoms with Crippen molar-refractivity contribution in [3.63, 3.8) is 0 Å². The van der Waals surface area contributed by atoms with E-state index in [9.17, 15) is 9.18 Å². The Morgan fingerprint density at radius 1 is 0.676 bits per heavy atom. The third-order valence-corrected chi connectivity index (χ3v) is 4.86. The molecule has 0 saturated heterocycles. The highest BCUT2D eigenvalue weighted by Crippen LogP contribution is 2.07. The maximum Gasteiger partial charge on any atom is 0.223 e. The third-order valence-electron chi connectivity index (χ3n) is 4.86. The Hall–Kier alpha value is -0.880. The van der Waals surface area contributed by atoms with E-state index in [1.54, 1.807) is 0 Å². The van der Waals surface area contributed by atoms with Crippen LogP contribution in [0.4, 0.5) is 4.39 Å². The molecule has 0 aromatic heterocycles. The SMILES string of the molecule is CCCNCCOCCOCCOCCOCCOCCOCC(F)CNC(=O)C(CC)CC. The first-order chi connectivity index (χ1) is 16.7. The third kappa shape index (κ3) is 22.9. The Kier molecular flexibility index (Phi) is 26.0. The van der Waals surface area contributed by atoms with E-state index in [2.05, 4.69) is 17.6 Å². The van der Waals surface area contributed by atoms with E-state index in [1.165, 1.54) is 0 Å². The molecule has 0 rings (SSSR count). The average molecular weight is 497 g/mol. The Balaban J connectivity index is 3.22. The van der Waals surface area contributed by atoms with E-state index in [-0.39, 0.29) is 25.0 Å². The van der Waals surface area contributed by atoms with Crippen molar-refractivity contribution in [2.45, 2.75) is 46.2 Å². The zero-order valence-electron chi connectivity index (χ0n) is 21.6. The number of hydrogen-bond donors (Lipinski definition) is 2. The van der Waals surface area contributed by atoms with Gasteiger partial charge in [-0.25, -0.2) is 4.39 Å². The maximum atomic E-state index is 13.8. The van der Waals surface area contributed by atoms with Crippen molar-refractivity contribution in [2.24, 2.45) is 5.92 Å². The summed E-state index contributed by atoms with van der Waals surface area (Å²) in [5.74, 6) is -0.149. The van der Waals surface area contributed by atoms with Crippen molar-refractivity contribution < 1.29 is 37.6 Å². The molecule has 0 aliphatic carbocycles. The van der Waals surface area contributed by atoms with Gasteiger partial charge in [-0.2, -0.15) is 0 Å². The highest BCUT2D eigenvalue weighted by Gasteiger charge is 2.15. The normalized spacial score (nSPS) is 12.4. The van der Waals surface area contributed by atoms with Crippen molar-refractivity contribution in [1.29, 1.82) is 0 Å². The van der Waals surface area contributed by atoms with E-state index in [0.29, 0.717) is 72.7 Å². The number of ether oxygens (including phenoxy) is 6. The largest absolute Gasteiger partial charge is 0.378 e. The first-order valence-corrected chi connectivity index (χ1v) is 12.7. The predicted molar refractivity (Wildman–Crippen MR) is 130 cm³/mol. The molecule has 9 nitrogen and oxygen atoms in total. The van der Waals surface area contributed by atoms with Gasteiger partial charge in [0, 0.05) is 12.5 Å². The number of hydrogen-bond acceptors (Lipinski definition) is 8. The minimum Gasteiger partial charge on any atom is -0.378 e. The van der Waals surface area contributed by atoms with Gasteiger partial charge in [-0.05, 0) is 25.8 Å². The number of carbonyl (C=O) groups is 1. The van der Waals surface area contributed by atoms with E-state index < -0.39 is 6.17 Å². The number of rotatable bonds is 27. The van der Waals surface area contributed by atoms with Crippen molar-refractivity contribution in [1.82, 2.24) is 10.6 Å². The smallest absolute Gasteiger partial charge is 0.223 e. The first-order valence-electron chi connectivity index (χ1n) is 12.7. The molecule has 0 fully saturated rings. The van der Waals surface area contributed by atoms with E-state index in [4.69, 9.17) is 28.4 Å². The second-order valence-electron chi connectivity index (χ2n) is 7.74. The molecule has 0 aromatic rings. The van der Waals surface area contributed by atoms with Crippen LogP contribution in [0, 0.1) is 5.92 Å². The molecule has 10 heteroatoms. The number of carbonyl (C=O) groups excluding carboxylic acids is 1. The van der Waals surface area contributed by atoms with Gasteiger partial charge in [0.2, 0.25) is 5.91 Å². The molecule has 0 aromatic carbocycles. The maximum absolute atomic E-state index is 13.8. The lowest BCUT2D eigenvalue weighted by molar-refractivity contribution is -0.125. The van der Waals surface area contributed by atoms with E-state index in [1.807, 2.05) is 13.8 Å². The van der Waals surface area contributed by atoms with Crippen LogP contribution in [0.2, 0.25) is 0 Å². The van der Waals surface area contributed by atoms with Crippen molar-refractivity contribution in [3.05, 3.63) is 0 Å². The van der Waals surface area contributed by atoms with Crippen LogP contribution in [0.25, 0.3) is 0 Å². The topological polar surface area (TPSA) is 96.5 Å². The van der Waals surface area contributed by atoms with Crippen molar-refractivity contribution in [2.75, 3.05) is 98.9 Å². The summed E-state index contributed by atoms with van der Waals surface area (Å²) >= 11 is 0. The molecular formula is C24H49FN2O7. The molecule has 0 heterocycles. The van der Waals surface area contributed by atoms with Gasteiger partial charge in [-0.3, -0.25) is 4.79 Å². The fraction of sp³-hybridized carbons (Fsp3) is 0.958. The van der Waals surface area contributed by atoms with E-state index in [0.717, 1.165) is 32.4 Å². The molecule has 1 amide bonds. The summed E-state index contributed by atoms with van der Waals surface area (Å²) in [4.78, 5) is 11.8. The van der Waals surface area contributed by atoms with Crippen LogP contribution in [0.5, 0.6) is 0 Å². The molecule has 0 radical (unpaired) electrons. The summed E-state index contributed by atoms with van der Waals surface area (Å²) in [6.45, 7) is 13.3. The van der Waals surface area contributed by atoms with Gasteiger partial charge >= 0.3 is 0 Å². The van der Waals surface area contributed by atoms with Gasteiger partial charge in [0.15, 0.2) is 0 Å². The molecule has 0 aliphatic rings. The Labute approximate surface area is 205 Å². The number of nitrogens with one attached hydrogen (secondary N) is 2. The van der Waals surface area contributed by atoms with E-state index >= 15 is 0 Å². The van der Waals surface area contributed by atoms with Crippen molar-refractivity contribution in [3.8, 4) is 0 Å². The lowest BCUT2D eigenvalue weighted by Crippen LogP contribution is -2.36. The van der Waals surface area contributed by atoms with Gasteiger partial charge in [-0.1, -0.05) is 20.8 Å². The molecule has 0 bridgehead atoms. The summed E-state index contributed by atoms with van der Waals surface area (Å²) in [6, 6.07) is 0. The molecular weight excluding hydrogens is 447 g/mol. The van der Waals surface area contributed by atoms with Crippen LogP contribution in [0.1, 0.15) is 40.0 Å². The fourth-order valence-electron chi connectivity index (χ4n) is 2.83. The summed E-state index contributed by atoms with van der Waals surface area (Å²) in [6.07, 6.45) is 1.42. The Bertz CT molecular complexity index is 432. The van der Waals surface area contributed by atoms with Crippen LogP contribution >= 0.6 is 0 Å². The molecule has 0 saturated carbocycles. The fourth-order valence-corrected chi connectivity index (χ4v) is 2.83. The highest BCUT2D eigenvalue weighted by atomic mass is 19.1. The predicted octanol–water partition coefficient (Wildman–Crippen LogP) is 1.98. The van der Waals surface area contributed by atoms with Gasteiger partial charge in [-0.15, -0.1) is 0 Å². The summed E-state index contributed by atoms with van der Waals surface area (Å²) in [5.41, 5.74) is 0. The second-order valence-corrected chi connectivity index (χ2v) is 7.74. The van der Waals surface area contributed by atoms with Gasteiger partial charge in [0.1, 0.15) is 6.17 Å². The second kappa shape index (κ2) is 26.7. The molecule has 2 N–H and O–H groups in total. The average Bonchev–Trinajstić information content (AvgIpc) is 2.84. The minimum absolute atomic E-state index is 0.0241. The van der Waals surface area contributed by atoms with Crippen LogP contribution in [-0.2, 0) is 33.2 Å². The monoisotopic (exact) mass is 496 g/mol. The van der Waals surface area contributed by atoms with Crippen LogP contribution in [-0.4, -0.2) is 111 Å². The number of alkyl halides is 1. The van der Waals surface area contributed by atoms with Crippen LogP contribution < -0.4 is 10.6 Å². The highest BCUT2D eigenvalue weighted by molar-refractivity contribution is 5.78. The molecule has 1 unspecified atom stereocenters. The number of halogens is 1. The summed E-state index contributed by atoms with van der Waals surface area (Å²) < 4.78 is 46.1. The molecule has 0 aliphatic heterocycles. The summed E-state index contributed by atoms with van der Waals surface area (Å²) in [7, 11) is 0. The molecule has 1 atom stereocenters. The van der Waals surface area contributed by atoms with Crippen LogP contribution in [0.3, 0.4) is 0 Å². The molecule has 34 heavy (non-hydrogen) atoms. The Morgan fingerprint density at radius 3 is 1.56 bits per heavy atom. The zero-order valence-corrected chi connectivity index (χ0v) is 21.6. The molecule has 204 valence electrons. The minimum atomic E-state index is -1.22. The standard InChI is InChI=1S/C24H49FN2O7/c1-4-7-26-8-9-29-10-11-30-12-13-31-14-15-32-16-17-33-18-19-34-21-23(25)20-27-24(28)22(5-2)6-3/h22-23,26H,4-21H2,1-3H3,(H,27,28). The Morgan fingerprint density at radius 2 is 1.12 bits per heavy atom. The summed E-state index contributed by atoms with van der Waals surface area (Å²) in [5, 5.41) is 5.90. The quantitative estimate of drug-likeness (QED) is 0.167. The van der Waals surface area contributed by atoms with Crippen LogP contribution in [0.15, 0.2) is 0 Å². The molecule has 0 spiro atoms. The van der Waals surface area contributed by atoms with Gasteiger partial charge in [0.25, 0.3) is 0 Å². The van der Waals surface area contributed by atoms with Gasteiger partial charge < -0.3 is 39.1 Å². The van der Waals surface area contributed by atoms with Gasteiger partial charge in [0.05, 0.1) is 85.8 Å². The van der Waals surface area contributed by atoms with Crippen molar-refractivity contribution >= 4 is 5.91 Å². The lowest BCUT2D eigenvalue weighted by Gasteiger charge is -2.15. The lowest BCUT2D eigenvalue weighted by atomic mass is 10.0. The first kappa shape index (κ1) is 33.1. The zero-order chi connectivity index (χ0) is 25.1.